The molecule has 0 saturated carbocycles. The van der Waals surface area contributed by atoms with Crippen LogP contribution in [0.2, 0.25) is 0 Å². The molecule has 4 nitrogen and oxygen atoms in total. The lowest BCUT2D eigenvalue weighted by molar-refractivity contribution is 0.100. The van der Waals surface area contributed by atoms with Crippen molar-refractivity contribution in [3.8, 4) is 0 Å². The minimum Gasteiger partial charge on any atom is -0.384 e. The molecule has 3 aromatic rings. The summed E-state index contributed by atoms with van der Waals surface area (Å²) in [6.45, 7) is 0.612. The smallest absolute Gasteiger partial charge is 0.253 e. The lowest BCUT2D eigenvalue weighted by atomic mass is 10.1. The van der Waals surface area contributed by atoms with Crippen LogP contribution >= 0.6 is 0 Å². The van der Waals surface area contributed by atoms with Gasteiger partial charge in [-0.2, -0.15) is 0 Å². The molecule has 4 heteroatoms. The molecule has 2 aromatic carbocycles. The van der Waals surface area contributed by atoms with E-state index in [2.05, 4.69) is 0 Å². The molecule has 100 valence electrons. The fraction of sp³-hybridized carbons (Fsp3) is 0.0625. The Morgan fingerprint density at radius 2 is 1.65 bits per heavy atom. The van der Waals surface area contributed by atoms with Gasteiger partial charge in [0.1, 0.15) is 5.82 Å². The predicted molar refractivity (Wildman–Crippen MR) is 80.4 cm³/mol. The monoisotopic (exact) mass is 265 g/mol. The SMILES string of the molecule is NC(=O)c1c(N)n(Cc2ccccc2)c2ccccc12. The first kappa shape index (κ1) is 12.3. The molecule has 0 saturated heterocycles. The summed E-state index contributed by atoms with van der Waals surface area (Å²) >= 11 is 0. The molecule has 0 bridgehead atoms. The molecule has 0 aliphatic heterocycles. The lowest BCUT2D eigenvalue weighted by Gasteiger charge is -2.08. The van der Waals surface area contributed by atoms with Crippen molar-refractivity contribution >= 4 is 22.6 Å². The van der Waals surface area contributed by atoms with Crippen molar-refractivity contribution in [3.05, 3.63) is 65.7 Å². The van der Waals surface area contributed by atoms with E-state index in [9.17, 15) is 4.79 Å². The number of nitrogens with two attached hydrogens (primary N) is 2. The largest absolute Gasteiger partial charge is 0.384 e. The Balaban J connectivity index is 2.20. The number of nitrogen functional groups attached to an aromatic ring is 1. The van der Waals surface area contributed by atoms with Crippen molar-refractivity contribution in [2.45, 2.75) is 6.54 Å². The predicted octanol–water partition coefficient (Wildman–Crippen LogP) is 2.37. The molecule has 0 radical (unpaired) electrons. The summed E-state index contributed by atoms with van der Waals surface area (Å²) in [4.78, 5) is 11.6. The van der Waals surface area contributed by atoms with E-state index in [0.717, 1.165) is 16.5 Å². The maximum Gasteiger partial charge on any atom is 0.253 e. The zero-order valence-corrected chi connectivity index (χ0v) is 10.9. The van der Waals surface area contributed by atoms with Crippen LogP contribution in [0.3, 0.4) is 0 Å². The van der Waals surface area contributed by atoms with Crippen LogP contribution in [-0.4, -0.2) is 10.5 Å². The number of amides is 1. The number of hydrogen-bond donors (Lipinski definition) is 2. The summed E-state index contributed by atoms with van der Waals surface area (Å²) in [7, 11) is 0. The summed E-state index contributed by atoms with van der Waals surface area (Å²) in [6.07, 6.45) is 0. The first-order valence-corrected chi connectivity index (χ1v) is 6.39. The molecule has 3 rings (SSSR count). The van der Waals surface area contributed by atoms with E-state index in [0.29, 0.717) is 17.9 Å². The normalized spacial score (nSPS) is 10.8. The highest BCUT2D eigenvalue weighted by atomic mass is 16.1. The fourth-order valence-electron chi connectivity index (χ4n) is 2.52. The first-order valence-electron chi connectivity index (χ1n) is 6.39. The number of carbonyl (C=O) groups is 1. The van der Waals surface area contributed by atoms with E-state index < -0.39 is 5.91 Å². The van der Waals surface area contributed by atoms with Crippen molar-refractivity contribution in [2.24, 2.45) is 5.73 Å². The average Bonchev–Trinajstić information content (AvgIpc) is 2.73. The van der Waals surface area contributed by atoms with E-state index in [1.54, 1.807) is 0 Å². The molecule has 20 heavy (non-hydrogen) atoms. The summed E-state index contributed by atoms with van der Waals surface area (Å²) in [5, 5.41) is 0.799. The van der Waals surface area contributed by atoms with Gasteiger partial charge < -0.3 is 16.0 Å². The van der Waals surface area contributed by atoms with Gasteiger partial charge in [0.25, 0.3) is 5.91 Å². The third-order valence-electron chi connectivity index (χ3n) is 3.44. The van der Waals surface area contributed by atoms with E-state index in [1.807, 2.05) is 59.2 Å². The molecule has 1 aromatic heterocycles. The van der Waals surface area contributed by atoms with Crippen LogP contribution in [0.1, 0.15) is 15.9 Å². The van der Waals surface area contributed by atoms with Crippen LogP contribution in [0.15, 0.2) is 54.6 Å². The highest BCUT2D eigenvalue weighted by Crippen LogP contribution is 2.28. The summed E-state index contributed by atoms with van der Waals surface area (Å²) in [5.41, 5.74) is 14.0. The maximum atomic E-state index is 11.6. The number of para-hydroxylation sites is 1. The van der Waals surface area contributed by atoms with Gasteiger partial charge in [-0.25, -0.2) is 0 Å². The minimum atomic E-state index is -0.495. The van der Waals surface area contributed by atoms with Gasteiger partial charge in [-0.1, -0.05) is 48.5 Å². The minimum absolute atomic E-state index is 0.400. The Hall–Kier alpha value is -2.75. The number of primary amides is 1. The molecule has 0 atom stereocenters. The molecule has 4 N–H and O–H groups in total. The van der Waals surface area contributed by atoms with Crippen LogP contribution in [0.4, 0.5) is 5.82 Å². The molecular formula is C16H15N3O. The molecular weight excluding hydrogens is 250 g/mol. The quantitative estimate of drug-likeness (QED) is 0.763. The molecule has 0 fully saturated rings. The average molecular weight is 265 g/mol. The van der Waals surface area contributed by atoms with Crippen molar-refractivity contribution in [1.29, 1.82) is 0 Å². The van der Waals surface area contributed by atoms with E-state index in [1.165, 1.54) is 0 Å². The van der Waals surface area contributed by atoms with E-state index in [4.69, 9.17) is 11.5 Å². The number of rotatable bonds is 3. The van der Waals surface area contributed by atoms with E-state index >= 15 is 0 Å². The van der Waals surface area contributed by atoms with Gasteiger partial charge in [0.05, 0.1) is 11.1 Å². The van der Waals surface area contributed by atoms with Crippen molar-refractivity contribution in [1.82, 2.24) is 4.57 Å². The second kappa shape index (κ2) is 4.74. The highest BCUT2D eigenvalue weighted by Gasteiger charge is 2.18. The molecule has 0 aliphatic carbocycles. The van der Waals surface area contributed by atoms with Gasteiger partial charge in [-0.3, -0.25) is 4.79 Å². The van der Waals surface area contributed by atoms with Crippen molar-refractivity contribution in [3.63, 3.8) is 0 Å². The van der Waals surface area contributed by atoms with Gasteiger partial charge in [0.2, 0.25) is 0 Å². The Kier molecular flexibility index (Phi) is 2.91. The standard InChI is InChI=1S/C16H15N3O/c17-15-14(16(18)20)12-8-4-5-9-13(12)19(15)10-11-6-2-1-3-7-11/h1-9H,10,17H2,(H2,18,20). The van der Waals surface area contributed by atoms with Gasteiger partial charge >= 0.3 is 0 Å². The van der Waals surface area contributed by atoms with Crippen LogP contribution < -0.4 is 11.5 Å². The molecule has 0 spiro atoms. The number of hydrogen-bond acceptors (Lipinski definition) is 2. The Bertz CT molecular complexity index is 775. The highest BCUT2D eigenvalue weighted by molar-refractivity contribution is 6.11. The van der Waals surface area contributed by atoms with Gasteiger partial charge in [-0.05, 0) is 11.6 Å². The van der Waals surface area contributed by atoms with Crippen molar-refractivity contribution in [2.75, 3.05) is 5.73 Å². The second-order valence-electron chi connectivity index (χ2n) is 4.71. The zero-order chi connectivity index (χ0) is 14.1. The van der Waals surface area contributed by atoms with Gasteiger partial charge in [0.15, 0.2) is 0 Å². The van der Waals surface area contributed by atoms with Gasteiger partial charge in [-0.15, -0.1) is 0 Å². The Morgan fingerprint density at radius 3 is 2.35 bits per heavy atom. The number of nitrogens with zero attached hydrogens (tertiary/aromatic N) is 1. The summed E-state index contributed by atoms with van der Waals surface area (Å²) in [5.74, 6) is -0.0759. The molecule has 0 unspecified atom stereocenters. The lowest BCUT2D eigenvalue weighted by Crippen LogP contribution is -2.14. The first-order chi connectivity index (χ1) is 9.68. The summed E-state index contributed by atoms with van der Waals surface area (Å²) < 4.78 is 1.92. The fourth-order valence-corrected chi connectivity index (χ4v) is 2.52. The Morgan fingerprint density at radius 1 is 1.00 bits per heavy atom. The third-order valence-corrected chi connectivity index (χ3v) is 3.44. The summed E-state index contributed by atoms with van der Waals surface area (Å²) in [6, 6.07) is 17.6. The molecule has 0 aliphatic rings. The van der Waals surface area contributed by atoms with Crippen molar-refractivity contribution < 1.29 is 4.79 Å². The molecule has 1 amide bonds. The van der Waals surface area contributed by atoms with Crippen LogP contribution in [0, 0.1) is 0 Å². The van der Waals surface area contributed by atoms with E-state index in [-0.39, 0.29) is 0 Å². The topological polar surface area (TPSA) is 74.0 Å². The Labute approximate surface area is 116 Å². The van der Waals surface area contributed by atoms with Crippen LogP contribution in [0.25, 0.3) is 10.9 Å². The molecule has 1 heterocycles. The maximum absolute atomic E-state index is 11.6. The number of benzene rings is 2. The second-order valence-corrected chi connectivity index (χ2v) is 4.71. The number of carbonyl (C=O) groups excluding carboxylic acids is 1. The van der Waals surface area contributed by atoms with Gasteiger partial charge in [0, 0.05) is 11.9 Å². The third kappa shape index (κ3) is 1.91. The number of anilines is 1. The number of fused-ring (bicyclic) bond motifs is 1. The van der Waals surface area contributed by atoms with Crippen LogP contribution in [-0.2, 0) is 6.54 Å². The number of aromatic nitrogens is 1. The zero-order valence-electron chi connectivity index (χ0n) is 10.9. The van der Waals surface area contributed by atoms with Crippen LogP contribution in [0.5, 0.6) is 0 Å².